The van der Waals surface area contributed by atoms with Gasteiger partial charge in [-0.05, 0) is 73.8 Å². The van der Waals surface area contributed by atoms with Crippen LogP contribution in [-0.4, -0.2) is 0 Å². The molecule has 0 bridgehead atoms. The lowest BCUT2D eigenvalue weighted by molar-refractivity contribution is 0.360. The van der Waals surface area contributed by atoms with Crippen molar-refractivity contribution in [2.75, 3.05) is 0 Å². The Hall–Kier alpha value is -1.30. The summed E-state index contributed by atoms with van der Waals surface area (Å²) in [6.45, 7) is 27.7. The molecule has 1 fully saturated rings. The molecule has 23 heavy (non-hydrogen) atoms. The van der Waals surface area contributed by atoms with Crippen LogP contribution < -0.4 is 0 Å². The van der Waals surface area contributed by atoms with E-state index < -0.39 is 0 Å². The monoisotopic (exact) mass is 312 g/mol. The van der Waals surface area contributed by atoms with Crippen molar-refractivity contribution in [3.05, 3.63) is 61.3 Å². The Bertz CT molecular complexity index is 476. The first kappa shape index (κ1) is 19.7. The molecule has 0 N–H and O–H groups in total. The van der Waals surface area contributed by atoms with Gasteiger partial charge in [0.2, 0.25) is 0 Å². The Morgan fingerprint density at radius 1 is 1.17 bits per heavy atom. The maximum absolute atomic E-state index is 4.53. The van der Waals surface area contributed by atoms with Crippen LogP contribution in [0.2, 0.25) is 0 Å². The van der Waals surface area contributed by atoms with Gasteiger partial charge in [-0.2, -0.15) is 0 Å². The van der Waals surface area contributed by atoms with Gasteiger partial charge in [0.25, 0.3) is 0 Å². The summed E-state index contributed by atoms with van der Waals surface area (Å²) >= 11 is 0. The van der Waals surface area contributed by atoms with Crippen molar-refractivity contribution in [2.24, 2.45) is 23.7 Å². The molecule has 0 aliphatic heterocycles. The molecular formula is C23H36. The summed E-state index contributed by atoms with van der Waals surface area (Å²) in [5, 5.41) is 0. The fourth-order valence-electron chi connectivity index (χ4n) is 4.28. The number of rotatable bonds is 10. The Morgan fingerprint density at radius 3 is 2.35 bits per heavy atom. The van der Waals surface area contributed by atoms with Crippen molar-refractivity contribution in [1.82, 2.24) is 0 Å². The van der Waals surface area contributed by atoms with Gasteiger partial charge in [0.05, 0.1) is 0 Å². The molecule has 4 atom stereocenters. The number of allylic oxidation sites excluding steroid dienone is 5. The third kappa shape index (κ3) is 5.09. The van der Waals surface area contributed by atoms with Crippen LogP contribution in [0.5, 0.6) is 0 Å². The Balaban J connectivity index is 2.83. The molecule has 0 saturated heterocycles. The molecule has 0 aromatic rings. The number of hydrogen-bond acceptors (Lipinski definition) is 0. The van der Waals surface area contributed by atoms with Crippen molar-refractivity contribution in [1.29, 1.82) is 0 Å². The molecule has 1 aliphatic carbocycles. The number of hydrogen-bond donors (Lipinski definition) is 0. The normalized spacial score (nSPS) is 23.1. The van der Waals surface area contributed by atoms with Crippen molar-refractivity contribution < 1.29 is 0 Å². The molecule has 128 valence electrons. The van der Waals surface area contributed by atoms with E-state index in [9.17, 15) is 0 Å². The van der Waals surface area contributed by atoms with Gasteiger partial charge in [0, 0.05) is 0 Å². The predicted molar refractivity (Wildman–Crippen MR) is 105 cm³/mol. The zero-order chi connectivity index (χ0) is 17.6. The summed E-state index contributed by atoms with van der Waals surface area (Å²) in [6, 6.07) is 0. The van der Waals surface area contributed by atoms with Gasteiger partial charge in [0.15, 0.2) is 0 Å². The summed E-state index contributed by atoms with van der Waals surface area (Å²) < 4.78 is 0. The van der Waals surface area contributed by atoms with E-state index in [0.717, 1.165) is 30.8 Å². The largest absolute Gasteiger partial charge is 0.103 e. The van der Waals surface area contributed by atoms with Crippen LogP contribution in [0.3, 0.4) is 0 Å². The first-order valence-corrected chi connectivity index (χ1v) is 9.14. The molecular weight excluding hydrogens is 276 g/mol. The van der Waals surface area contributed by atoms with Gasteiger partial charge in [0.1, 0.15) is 0 Å². The van der Waals surface area contributed by atoms with Crippen LogP contribution in [0, 0.1) is 23.7 Å². The average Bonchev–Trinajstić information content (AvgIpc) is 2.94. The van der Waals surface area contributed by atoms with E-state index in [1.54, 1.807) is 0 Å². The first-order chi connectivity index (χ1) is 10.8. The lowest BCUT2D eigenvalue weighted by Gasteiger charge is -2.32. The maximum Gasteiger partial charge on any atom is -0.0103 e. The van der Waals surface area contributed by atoms with Crippen LogP contribution >= 0.6 is 0 Å². The summed E-state index contributed by atoms with van der Waals surface area (Å²) in [4.78, 5) is 0. The second kappa shape index (κ2) is 9.11. The molecule has 0 spiro atoms. The highest BCUT2D eigenvalue weighted by Gasteiger charge is 2.33. The third-order valence-corrected chi connectivity index (χ3v) is 5.67. The van der Waals surface area contributed by atoms with Crippen LogP contribution in [0.1, 0.15) is 59.3 Å². The average molecular weight is 313 g/mol. The standard InChI is InChI=1S/C23H36/c1-9-12-17(5)18(6)22(10-2)19(7)20(8)23-14-11-13-21(23)15-16(3)4/h9,19,21-23H,1,3,5-6,8,10-15H2,2,4,7H3. The van der Waals surface area contributed by atoms with Crippen LogP contribution in [0.25, 0.3) is 0 Å². The quantitative estimate of drug-likeness (QED) is 0.294. The summed E-state index contributed by atoms with van der Waals surface area (Å²) in [5.74, 6) is 2.30. The minimum atomic E-state index is 0.445. The molecule has 1 rings (SSSR count). The fraction of sp³-hybridized carbons (Fsp3) is 0.565. The highest BCUT2D eigenvalue weighted by atomic mass is 14.4. The Labute approximate surface area is 144 Å². The van der Waals surface area contributed by atoms with Gasteiger partial charge in [-0.15, -0.1) is 13.2 Å². The van der Waals surface area contributed by atoms with Gasteiger partial charge in [-0.1, -0.05) is 57.2 Å². The van der Waals surface area contributed by atoms with E-state index >= 15 is 0 Å². The lowest BCUT2D eigenvalue weighted by Crippen LogP contribution is -2.22. The minimum Gasteiger partial charge on any atom is -0.103 e. The second-order valence-electron chi connectivity index (χ2n) is 7.46. The molecule has 1 saturated carbocycles. The summed E-state index contributed by atoms with van der Waals surface area (Å²) in [5.41, 5.74) is 5.04. The predicted octanol–water partition coefficient (Wildman–Crippen LogP) is 7.28. The van der Waals surface area contributed by atoms with Gasteiger partial charge in [-0.25, -0.2) is 0 Å². The molecule has 0 nitrogen and oxygen atoms in total. The fourth-order valence-corrected chi connectivity index (χ4v) is 4.28. The maximum atomic E-state index is 4.53. The van der Waals surface area contributed by atoms with Gasteiger partial charge < -0.3 is 0 Å². The molecule has 0 aromatic heterocycles. The lowest BCUT2D eigenvalue weighted by atomic mass is 9.72. The Kier molecular flexibility index (Phi) is 7.82. The zero-order valence-electron chi connectivity index (χ0n) is 15.7. The summed E-state index contributed by atoms with van der Waals surface area (Å²) in [6.07, 6.45) is 8.93. The molecule has 1 aliphatic rings. The van der Waals surface area contributed by atoms with Crippen LogP contribution in [0.4, 0.5) is 0 Å². The van der Waals surface area contributed by atoms with E-state index in [2.05, 4.69) is 53.7 Å². The highest BCUT2D eigenvalue weighted by molar-refractivity contribution is 5.31. The SMILES string of the molecule is C=CCC(=C)C(=C)C(CC)C(C)C(=C)C1CCCC1CC(=C)C. The molecule has 0 radical (unpaired) electrons. The van der Waals surface area contributed by atoms with Crippen molar-refractivity contribution >= 4 is 0 Å². The zero-order valence-corrected chi connectivity index (χ0v) is 15.7. The summed E-state index contributed by atoms with van der Waals surface area (Å²) in [7, 11) is 0. The molecule has 0 amide bonds. The van der Waals surface area contributed by atoms with Crippen LogP contribution in [0.15, 0.2) is 61.3 Å². The van der Waals surface area contributed by atoms with Crippen molar-refractivity contribution in [3.63, 3.8) is 0 Å². The van der Waals surface area contributed by atoms with Gasteiger partial charge >= 0.3 is 0 Å². The Morgan fingerprint density at radius 2 is 1.83 bits per heavy atom. The minimum absolute atomic E-state index is 0.445. The first-order valence-electron chi connectivity index (χ1n) is 9.14. The molecule has 0 heterocycles. The van der Waals surface area contributed by atoms with Crippen molar-refractivity contribution in [3.8, 4) is 0 Å². The second-order valence-corrected chi connectivity index (χ2v) is 7.46. The van der Waals surface area contributed by atoms with E-state index in [0.29, 0.717) is 17.8 Å². The van der Waals surface area contributed by atoms with E-state index in [1.165, 1.54) is 36.0 Å². The smallest absolute Gasteiger partial charge is 0.0103 e. The molecule has 0 heteroatoms. The van der Waals surface area contributed by atoms with Crippen LogP contribution in [-0.2, 0) is 0 Å². The molecule has 0 aromatic carbocycles. The van der Waals surface area contributed by atoms with E-state index in [1.807, 2.05) is 6.08 Å². The van der Waals surface area contributed by atoms with E-state index in [4.69, 9.17) is 0 Å². The topological polar surface area (TPSA) is 0 Å². The highest BCUT2D eigenvalue weighted by Crippen LogP contribution is 2.45. The third-order valence-electron chi connectivity index (χ3n) is 5.67. The molecule has 4 unspecified atom stereocenters. The van der Waals surface area contributed by atoms with E-state index in [-0.39, 0.29) is 0 Å². The van der Waals surface area contributed by atoms with Crippen molar-refractivity contribution in [2.45, 2.75) is 59.3 Å². The van der Waals surface area contributed by atoms with Gasteiger partial charge in [-0.3, -0.25) is 0 Å².